The Labute approximate surface area is 109 Å². The standard InChI is InChI=1S/C17H20O/c1-2-3-7-14-10-12-16(13-11-14)17(18)15-8-5-4-6-9-15/h4-6,8-13,17-18H,2-3,7H2,1H3/t17-/m1/s1. The minimum absolute atomic E-state index is 0.522. The van der Waals surface area contributed by atoms with Crippen LogP contribution in [0, 0.1) is 0 Å². The fraction of sp³-hybridized carbons (Fsp3) is 0.294. The van der Waals surface area contributed by atoms with Gasteiger partial charge in [-0.1, -0.05) is 67.9 Å². The Morgan fingerprint density at radius 3 is 2.11 bits per heavy atom. The third-order valence-electron chi connectivity index (χ3n) is 3.23. The van der Waals surface area contributed by atoms with Crippen LogP contribution < -0.4 is 0 Å². The maximum Gasteiger partial charge on any atom is 0.104 e. The van der Waals surface area contributed by atoms with Crippen LogP contribution in [-0.2, 0) is 6.42 Å². The third kappa shape index (κ3) is 3.21. The average molecular weight is 240 g/mol. The van der Waals surface area contributed by atoms with Gasteiger partial charge in [-0.3, -0.25) is 0 Å². The summed E-state index contributed by atoms with van der Waals surface area (Å²) in [6.07, 6.45) is 3.04. The summed E-state index contributed by atoms with van der Waals surface area (Å²) in [5, 5.41) is 10.3. The molecule has 1 heteroatoms. The van der Waals surface area contributed by atoms with Gasteiger partial charge in [0.1, 0.15) is 6.10 Å². The summed E-state index contributed by atoms with van der Waals surface area (Å²) in [5.74, 6) is 0. The summed E-state index contributed by atoms with van der Waals surface area (Å²) in [7, 11) is 0. The molecule has 0 aliphatic carbocycles. The normalized spacial score (nSPS) is 12.3. The van der Waals surface area contributed by atoms with Crippen molar-refractivity contribution in [3.63, 3.8) is 0 Å². The Kier molecular flexibility index (Phi) is 4.54. The first kappa shape index (κ1) is 12.8. The lowest BCUT2D eigenvalue weighted by Gasteiger charge is -2.12. The molecule has 0 amide bonds. The van der Waals surface area contributed by atoms with Gasteiger partial charge in [0.05, 0.1) is 0 Å². The number of hydrogen-bond donors (Lipinski definition) is 1. The van der Waals surface area contributed by atoms with Crippen LogP contribution in [0.2, 0.25) is 0 Å². The molecule has 2 aromatic rings. The summed E-state index contributed by atoms with van der Waals surface area (Å²) in [4.78, 5) is 0. The molecule has 0 aliphatic heterocycles. The van der Waals surface area contributed by atoms with Crippen LogP contribution >= 0.6 is 0 Å². The Bertz CT molecular complexity index is 459. The van der Waals surface area contributed by atoms with E-state index in [9.17, 15) is 5.11 Å². The SMILES string of the molecule is CCCCc1ccc([C@H](O)c2ccccc2)cc1. The van der Waals surface area contributed by atoms with E-state index in [0.29, 0.717) is 0 Å². The molecule has 1 nitrogen and oxygen atoms in total. The van der Waals surface area contributed by atoms with Gasteiger partial charge in [-0.15, -0.1) is 0 Å². The van der Waals surface area contributed by atoms with E-state index in [1.54, 1.807) is 0 Å². The van der Waals surface area contributed by atoms with E-state index in [1.807, 2.05) is 42.5 Å². The van der Waals surface area contributed by atoms with Crippen LogP contribution in [0.3, 0.4) is 0 Å². The van der Waals surface area contributed by atoms with Crippen LogP contribution in [0.4, 0.5) is 0 Å². The van der Waals surface area contributed by atoms with Crippen molar-refractivity contribution in [2.24, 2.45) is 0 Å². The molecule has 2 aromatic carbocycles. The van der Waals surface area contributed by atoms with Crippen molar-refractivity contribution in [3.05, 3.63) is 71.3 Å². The Morgan fingerprint density at radius 1 is 0.889 bits per heavy atom. The number of benzene rings is 2. The van der Waals surface area contributed by atoms with E-state index < -0.39 is 6.10 Å². The Morgan fingerprint density at radius 2 is 1.50 bits per heavy atom. The maximum atomic E-state index is 10.3. The van der Waals surface area contributed by atoms with Crippen LogP contribution in [0.25, 0.3) is 0 Å². The molecule has 0 spiro atoms. The second kappa shape index (κ2) is 6.36. The van der Waals surface area contributed by atoms with Gasteiger partial charge in [-0.05, 0) is 29.5 Å². The second-order valence-corrected chi connectivity index (χ2v) is 4.66. The molecule has 2 rings (SSSR count). The van der Waals surface area contributed by atoms with Gasteiger partial charge < -0.3 is 5.11 Å². The zero-order chi connectivity index (χ0) is 12.8. The summed E-state index contributed by atoms with van der Waals surface area (Å²) in [6.45, 7) is 2.20. The summed E-state index contributed by atoms with van der Waals surface area (Å²) < 4.78 is 0. The summed E-state index contributed by atoms with van der Waals surface area (Å²) >= 11 is 0. The smallest absolute Gasteiger partial charge is 0.104 e. The zero-order valence-corrected chi connectivity index (χ0v) is 10.8. The second-order valence-electron chi connectivity index (χ2n) is 4.66. The molecule has 18 heavy (non-hydrogen) atoms. The fourth-order valence-electron chi connectivity index (χ4n) is 2.08. The minimum Gasteiger partial charge on any atom is -0.384 e. The molecular weight excluding hydrogens is 220 g/mol. The topological polar surface area (TPSA) is 20.2 Å². The van der Waals surface area contributed by atoms with E-state index >= 15 is 0 Å². The number of aryl methyl sites for hydroxylation is 1. The van der Waals surface area contributed by atoms with Gasteiger partial charge in [0.15, 0.2) is 0 Å². The van der Waals surface area contributed by atoms with Crippen LogP contribution in [0.15, 0.2) is 54.6 Å². The number of rotatable bonds is 5. The van der Waals surface area contributed by atoms with Crippen molar-refractivity contribution < 1.29 is 5.11 Å². The van der Waals surface area contributed by atoms with E-state index in [2.05, 4.69) is 19.1 Å². The van der Waals surface area contributed by atoms with Crippen molar-refractivity contribution in [1.29, 1.82) is 0 Å². The third-order valence-corrected chi connectivity index (χ3v) is 3.23. The Hall–Kier alpha value is -1.60. The van der Waals surface area contributed by atoms with Crippen molar-refractivity contribution in [3.8, 4) is 0 Å². The number of aliphatic hydroxyl groups is 1. The monoisotopic (exact) mass is 240 g/mol. The van der Waals surface area contributed by atoms with E-state index in [0.717, 1.165) is 17.5 Å². The lowest BCUT2D eigenvalue weighted by atomic mass is 9.99. The first-order valence-corrected chi connectivity index (χ1v) is 6.63. The molecule has 0 heterocycles. The summed E-state index contributed by atoms with van der Waals surface area (Å²) in [6, 6.07) is 18.1. The molecule has 0 unspecified atom stereocenters. The minimum atomic E-state index is -0.522. The predicted molar refractivity (Wildman–Crippen MR) is 75.6 cm³/mol. The maximum absolute atomic E-state index is 10.3. The molecule has 1 N–H and O–H groups in total. The number of unbranched alkanes of at least 4 members (excludes halogenated alkanes) is 1. The highest BCUT2D eigenvalue weighted by Crippen LogP contribution is 2.22. The highest BCUT2D eigenvalue weighted by molar-refractivity contribution is 5.31. The van der Waals surface area contributed by atoms with Gasteiger partial charge >= 0.3 is 0 Å². The fourth-order valence-corrected chi connectivity index (χ4v) is 2.08. The van der Waals surface area contributed by atoms with Crippen molar-refractivity contribution >= 4 is 0 Å². The van der Waals surface area contributed by atoms with Gasteiger partial charge in [0.2, 0.25) is 0 Å². The van der Waals surface area contributed by atoms with Crippen LogP contribution in [0.5, 0.6) is 0 Å². The predicted octanol–water partition coefficient (Wildman–Crippen LogP) is 4.11. The molecule has 0 bridgehead atoms. The molecule has 0 aliphatic rings. The van der Waals surface area contributed by atoms with Crippen molar-refractivity contribution in [2.75, 3.05) is 0 Å². The van der Waals surface area contributed by atoms with Crippen molar-refractivity contribution in [2.45, 2.75) is 32.3 Å². The zero-order valence-electron chi connectivity index (χ0n) is 10.8. The van der Waals surface area contributed by atoms with Gasteiger partial charge in [0.25, 0.3) is 0 Å². The quantitative estimate of drug-likeness (QED) is 0.833. The molecule has 0 saturated heterocycles. The highest BCUT2D eigenvalue weighted by atomic mass is 16.3. The van der Waals surface area contributed by atoms with Crippen LogP contribution in [-0.4, -0.2) is 5.11 Å². The largest absolute Gasteiger partial charge is 0.384 e. The molecule has 1 atom stereocenters. The molecule has 0 saturated carbocycles. The Balaban J connectivity index is 2.09. The van der Waals surface area contributed by atoms with Gasteiger partial charge in [-0.25, -0.2) is 0 Å². The molecular formula is C17H20O. The first-order chi connectivity index (χ1) is 8.81. The van der Waals surface area contributed by atoms with E-state index in [-0.39, 0.29) is 0 Å². The summed E-state index contributed by atoms with van der Waals surface area (Å²) in [5.41, 5.74) is 3.25. The van der Waals surface area contributed by atoms with Crippen LogP contribution in [0.1, 0.15) is 42.6 Å². The lowest BCUT2D eigenvalue weighted by molar-refractivity contribution is 0.220. The van der Waals surface area contributed by atoms with E-state index in [4.69, 9.17) is 0 Å². The number of aliphatic hydroxyl groups excluding tert-OH is 1. The lowest BCUT2D eigenvalue weighted by Crippen LogP contribution is -1.99. The van der Waals surface area contributed by atoms with Gasteiger partial charge in [-0.2, -0.15) is 0 Å². The molecule has 94 valence electrons. The molecule has 0 aromatic heterocycles. The first-order valence-electron chi connectivity index (χ1n) is 6.63. The van der Waals surface area contributed by atoms with E-state index in [1.165, 1.54) is 18.4 Å². The molecule has 0 radical (unpaired) electrons. The van der Waals surface area contributed by atoms with Crippen molar-refractivity contribution in [1.82, 2.24) is 0 Å². The van der Waals surface area contributed by atoms with Gasteiger partial charge in [0, 0.05) is 0 Å². The number of hydrogen-bond acceptors (Lipinski definition) is 1. The highest BCUT2D eigenvalue weighted by Gasteiger charge is 2.09. The average Bonchev–Trinajstić information content (AvgIpc) is 2.46. The molecule has 0 fully saturated rings.